The quantitative estimate of drug-likeness (QED) is 0.311. The van der Waals surface area contributed by atoms with Gasteiger partial charge in [-0.15, -0.1) is 0 Å². The smallest absolute Gasteiger partial charge is 0.338 e. The minimum absolute atomic E-state index is 0.0370. The van der Waals surface area contributed by atoms with Crippen molar-refractivity contribution in [3.63, 3.8) is 0 Å². The Hall–Kier alpha value is -4.35. The van der Waals surface area contributed by atoms with Crippen LogP contribution < -0.4 is 10.0 Å². The third kappa shape index (κ3) is 6.27. The normalized spacial score (nSPS) is 15.3. The Morgan fingerprint density at radius 1 is 0.950 bits per heavy atom. The number of anilines is 1. The maximum atomic E-state index is 13.6. The van der Waals surface area contributed by atoms with Gasteiger partial charge in [-0.1, -0.05) is 29.8 Å². The molecule has 2 N–H and O–H groups in total. The molecule has 1 aliphatic rings. The highest BCUT2D eigenvalue weighted by Gasteiger charge is 2.44. The number of hydrogen-bond acceptors (Lipinski definition) is 7. The van der Waals surface area contributed by atoms with E-state index in [0.717, 1.165) is 16.0 Å². The lowest BCUT2D eigenvalue weighted by atomic mass is 10.1. The zero-order valence-electron chi connectivity index (χ0n) is 22.1. The summed E-state index contributed by atoms with van der Waals surface area (Å²) in [5.74, 6) is -1.96. The van der Waals surface area contributed by atoms with Gasteiger partial charge in [0.05, 0.1) is 29.2 Å². The van der Waals surface area contributed by atoms with Gasteiger partial charge in [-0.05, 0) is 74.4 Å². The van der Waals surface area contributed by atoms with Crippen molar-refractivity contribution in [1.29, 1.82) is 0 Å². The first-order chi connectivity index (χ1) is 19.0. The summed E-state index contributed by atoms with van der Waals surface area (Å²) in [7, 11) is -3.85. The van der Waals surface area contributed by atoms with E-state index in [2.05, 4.69) is 0 Å². The summed E-state index contributed by atoms with van der Waals surface area (Å²) in [6.07, 6.45) is 0.0924. The third-order valence-corrected chi connectivity index (χ3v) is 7.52. The monoisotopic (exact) mass is 563 g/mol. The minimum atomic E-state index is -3.85. The maximum Gasteiger partial charge on any atom is 0.338 e. The summed E-state index contributed by atoms with van der Waals surface area (Å²) in [6, 6.07) is 17.7. The number of carbonyl (C=O) groups excluding carboxylic acids is 4. The zero-order valence-corrected chi connectivity index (χ0v) is 22.9. The Kier molecular flexibility index (Phi) is 8.46. The summed E-state index contributed by atoms with van der Waals surface area (Å²) in [5, 5.41) is 5.17. The van der Waals surface area contributed by atoms with Crippen LogP contribution in [0.2, 0.25) is 0 Å². The van der Waals surface area contributed by atoms with E-state index in [0.29, 0.717) is 12.0 Å². The summed E-state index contributed by atoms with van der Waals surface area (Å²) in [5.41, 5.74) is 2.62. The molecule has 3 aromatic carbocycles. The van der Waals surface area contributed by atoms with E-state index in [1.165, 1.54) is 41.3 Å². The van der Waals surface area contributed by atoms with Crippen molar-refractivity contribution < 1.29 is 32.3 Å². The second kappa shape index (κ2) is 11.8. The molecule has 1 atom stereocenters. The molecule has 1 unspecified atom stereocenters. The molecule has 208 valence electrons. The Balaban J connectivity index is 1.60. The number of hydrogen-bond donors (Lipinski definition) is 1. The van der Waals surface area contributed by atoms with Crippen molar-refractivity contribution in [2.75, 3.05) is 18.1 Å². The zero-order chi connectivity index (χ0) is 29.0. The molecule has 3 amide bonds. The third-order valence-electron chi connectivity index (χ3n) is 6.59. The lowest BCUT2D eigenvalue weighted by Gasteiger charge is -2.28. The number of rotatable bonds is 9. The molecule has 1 saturated heterocycles. The fourth-order valence-electron chi connectivity index (χ4n) is 4.45. The minimum Gasteiger partial charge on any atom is -0.462 e. The molecular formula is C29H29N3O7S. The number of nitrogens with zero attached hydrogens (tertiary/aromatic N) is 2. The molecule has 3 aromatic rings. The van der Waals surface area contributed by atoms with Gasteiger partial charge in [0, 0.05) is 12.1 Å². The Morgan fingerprint density at radius 3 is 2.12 bits per heavy atom. The molecule has 4 rings (SSSR count). The Bertz CT molecular complexity index is 1530. The highest BCUT2D eigenvalue weighted by atomic mass is 32.2. The molecule has 0 radical (unpaired) electrons. The van der Waals surface area contributed by atoms with Crippen LogP contribution in [0.5, 0.6) is 0 Å². The molecule has 1 heterocycles. The van der Waals surface area contributed by atoms with Crippen molar-refractivity contribution >= 4 is 39.4 Å². The average Bonchev–Trinajstić information content (AvgIpc) is 3.22. The Morgan fingerprint density at radius 2 is 1.55 bits per heavy atom. The lowest BCUT2D eigenvalue weighted by molar-refractivity contribution is -0.122. The largest absolute Gasteiger partial charge is 0.462 e. The first kappa shape index (κ1) is 28.7. The summed E-state index contributed by atoms with van der Waals surface area (Å²) < 4.78 is 28.1. The highest BCUT2D eigenvalue weighted by molar-refractivity contribution is 7.89. The molecule has 0 aromatic heterocycles. The number of imide groups is 1. The molecule has 10 nitrogen and oxygen atoms in total. The Labute approximate surface area is 232 Å². The number of primary sulfonamides is 1. The van der Waals surface area contributed by atoms with Crippen LogP contribution in [0.1, 0.15) is 45.2 Å². The van der Waals surface area contributed by atoms with Gasteiger partial charge in [0.1, 0.15) is 6.04 Å². The molecule has 0 aliphatic carbocycles. The average molecular weight is 564 g/mol. The fraction of sp³-hybridized carbons (Fsp3) is 0.241. The van der Waals surface area contributed by atoms with Crippen LogP contribution in [0.25, 0.3) is 0 Å². The van der Waals surface area contributed by atoms with Gasteiger partial charge in [0.15, 0.2) is 0 Å². The molecule has 0 bridgehead atoms. The first-order valence-electron chi connectivity index (χ1n) is 12.6. The molecular weight excluding hydrogens is 534 g/mol. The van der Waals surface area contributed by atoms with E-state index in [4.69, 9.17) is 9.88 Å². The van der Waals surface area contributed by atoms with Crippen molar-refractivity contribution in [1.82, 2.24) is 4.90 Å². The van der Waals surface area contributed by atoms with E-state index >= 15 is 0 Å². The van der Waals surface area contributed by atoms with Crippen LogP contribution in [-0.4, -0.2) is 56.2 Å². The summed E-state index contributed by atoms with van der Waals surface area (Å²) in [4.78, 5) is 54.6. The highest BCUT2D eigenvalue weighted by Crippen LogP contribution is 2.28. The first-order valence-corrected chi connectivity index (χ1v) is 14.2. The van der Waals surface area contributed by atoms with Gasteiger partial charge in [0.25, 0.3) is 11.8 Å². The van der Waals surface area contributed by atoms with Crippen LogP contribution in [0.3, 0.4) is 0 Å². The fourth-order valence-corrected chi connectivity index (χ4v) is 4.96. The van der Waals surface area contributed by atoms with Gasteiger partial charge < -0.3 is 9.64 Å². The van der Waals surface area contributed by atoms with E-state index in [1.807, 2.05) is 6.92 Å². The van der Waals surface area contributed by atoms with E-state index in [-0.39, 0.29) is 35.7 Å². The second-order valence-electron chi connectivity index (χ2n) is 9.36. The number of nitrogens with two attached hydrogens (primary N) is 1. The number of benzene rings is 3. The molecule has 11 heteroatoms. The van der Waals surface area contributed by atoms with Gasteiger partial charge >= 0.3 is 5.97 Å². The number of amides is 3. The van der Waals surface area contributed by atoms with Crippen LogP contribution >= 0.6 is 0 Å². The maximum absolute atomic E-state index is 13.6. The van der Waals surface area contributed by atoms with E-state index in [1.54, 1.807) is 43.3 Å². The summed E-state index contributed by atoms with van der Waals surface area (Å²) in [6.45, 7) is 3.89. The van der Waals surface area contributed by atoms with Crippen molar-refractivity contribution in [2.45, 2.75) is 37.6 Å². The molecule has 40 heavy (non-hydrogen) atoms. The van der Waals surface area contributed by atoms with E-state index in [9.17, 15) is 27.6 Å². The SMILES string of the molecule is CCOC(=O)c1ccc(N2C(=O)CC(N(CCc3ccc(S(N)(=O)=O)cc3)C(=O)c3ccc(C)cc3)C2=O)cc1. The number of sulfonamides is 1. The van der Waals surface area contributed by atoms with Gasteiger partial charge in [-0.3, -0.25) is 14.4 Å². The standard InChI is InChI=1S/C29H29N3O7S/c1-3-39-29(36)22-10-12-23(13-11-22)32-26(33)18-25(28(32)35)31(27(34)21-8-4-19(2)5-9-21)17-16-20-6-14-24(15-7-20)40(30,37)38/h4-15,25H,3,16-18H2,1-2H3,(H2,30,37,38). The molecule has 1 fully saturated rings. The predicted octanol–water partition coefficient (Wildman–Crippen LogP) is 2.84. The van der Waals surface area contributed by atoms with Crippen LogP contribution in [0.15, 0.2) is 77.7 Å². The van der Waals surface area contributed by atoms with Crippen molar-refractivity contribution in [3.05, 3.63) is 95.1 Å². The number of esters is 1. The topological polar surface area (TPSA) is 144 Å². The van der Waals surface area contributed by atoms with Gasteiger partial charge in [-0.2, -0.15) is 0 Å². The van der Waals surface area contributed by atoms with Crippen LogP contribution in [-0.2, 0) is 30.8 Å². The summed E-state index contributed by atoms with van der Waals surface area (Å²) >= 11 is 0. The van der Waals surface area contributed by atoms with E-state index < -0.39 is 39.8 Å². The van der Waals surface area contributed by atoms with Crippen molar-refractivity contribution in [3.8, 4) is 0 Å². The van der Waals surface area contributed by atoms with Gasteiger partial charge in [-0.25, -0.2) is 23.3 Å². The van der Waals surface area contributed by atoms with Crippen molar-refractivity contribution in [2.24, 2.45) is 5.14 Å². The van der Waals surface area contributed by atoms with Crippen LogP contribution in [0, 0.1) is 6.92 Å². The molecule has 1 aliphatic heterocycles. The number of ether oxygens (including phenoxy) is 1. The number of carbonyl (C=O) groups is 4. The number of aryl methyl sites for hydroxylation is 1. The predicted molar refractivity (Wildman–Crippen MR) is 147 cm³/mol. The molecule has 0 spiro atoms. The van der Waals surface area contributed by atoms with Crippen LogP contribution in [0.4, 0.5) is 5.69 Å². The second-order valence-corrected chi connectivity index (χ2v) is 10.9. The van der Waals surface area contributed by atoms with Gasteiger partial charge in [0.2, 0.25) is 15.9 Å². The lowest BCUT2D eigenvalue weighted by Crippen LogP contribution is -2.46. The molecule has 0 saturated carbocycles.